The second-order valence-corrected chi connectivity index (χ2v) is 9.38. The minimum atomic E-state index is -1.02. The second-order valence-electron chi connectivity index (χ2n) is 9.38. The molecule has 0 spiro atoms. The number of carboxylic acids is 1. The molecule has 198 valence electrons. The van der Waals surface area contributed by atoms with E-state index in [9.17, 15) is 19.1 Å². The number of hydrogen-bond donors (Lipinski definition) is 1. The van der Waals surface area contributed by atoms with Crippen molar-refractivity contribution < 1.29 is 33.3 Å². The molecular weight excluding hydrogens is 499 g/mol. The Balaban J connectivity index is 1.55. The second kappa shape index (κ2) is 11.0. The molecule has 4 aromatic rings. The van der Waals surface area contributed by atoms with Crippen molar-refractivity contribution in [2.45, 2.75) is 11.8 Å². The number of carbonyl (C=O) groups excluding carboxylic acids is 1. The number of hydrogen-bond acceptors (Lipinski definition) is 5. The molecule has 4 atom stereocenters. The number of benzene rings is 4. The van der Waals surface area contributed by atoms with Crippen molar-refractivity contribution in [2.24, 2.45) is 11.8 Å². The first-order valence-corrected chi connectivity index (χ1v) is 12.5. The lowest BCUT2D eigenvalue weighted by Gasteiger charge is -2.49. The maximum atomic E-state index is 13.9. The third-order valence-electron chi connectivity index (χ3n) is 7.33. The molecule has 1 aliphatic carbocycles. The summed E-state index contributed by atoms with van der Waals surface area (Å²) in [6, 6.07) is 27.2. The molecule has 0 radical (unpaired) electrons. The molecule has 0 aromatic heterocycles. The van der Waals surface area contributed by atoms with Crippen LogP contribution in [-0.4, -0.2) is 31.3 Å². The predicted molar refractivity (Wildman–Crippen MR) is 144 cm³/mol. The smallest absolute Gasteiger partial charge is 0.315 e. The Bertz CT molecular complexity index is 1440. The Hall–Kier alpha value is -4.65. The van der Waals surface area contributed by atoms with Gasteiger partial charge in [-0.15, -0.1) is 0 Å². The zero-order valence-electron chi connectivity index (χ0n) is 21.4. The third kappa shape index (κ3) is 4.95. The Morgan fingerprint density at radius 2 is 1.26 bits per heavy atom. The fraction of sp³-hybridized carbons (Fsp3) is 0.188. The van der Waals surface area contributed by atoms with Gasteiger partial charge in [-0.3, -0.25) is 9.59 Å². The highest BCUT2D eigenvalue weighted by Crippen LogP contribution is 2.60. The molecule has 5 rings (SSSR count). The molecule has 1 saturated carbocycles. The summed E-state index contributed by atoms with van der Waals surface area (Å²) in [7, 11) is 3.03. The van der Waals surface area contributed by atoms with E-state index in [0.717, 1.165) is 11.1 Å². The van der Waals surface area contributed by atoms with Crippen LogP contribution in [0.2, 0.25) is 0 Å². The van der Waals surface area contributed by atoms with Crippen molar-refractivity contribution in [3.8, 4) is 28.4 Å². The summed E-state index contributed by atoms with van der Waals surface area (Å²) in [6.07, 6.45) is 0. The van der Waals surface area contributed by atoms with Gasteiger partial charge in [0.2, 0.25) is 0 Å². The number of methoxy groups -OCH3 is 2. The lowest BCUT2D eigenvalue weighted by Crippen LogP contribution is -2.52. The number of rotatable bonds is 8. The van der Waals surface area contributed by atoms with Crippen molar-refractivity contribution in [2.75, 3.05) is 14.2 Å². The SMILES string of the molecule is COc1ccccc1C1C(C(=O)O)[C@@H](c2ccccc2OC)C1C(=O)Oc1cccc(-c2ccc(F)cc2)c1. The van der Waals surface area contributed by atoms with Gasteiger partial charge in [-0.25, -0.2) is 4.39 Å². The van der Waals surface area contributed by atoms with Crippen molar-refractivity contribution in [1.29, 1.82) is 0 Å². The quantitative estimate of drug-likeness (QED) is 0.214. The van der Waals surface area contributed by atoms with E-state index in [4.69, 9.17) is 14.2 Å². The number of carboxylic acid groups (broad SMARTS) is 1. The largest absolute Gasteiger partial charge is 0.496 e. The fourth-order valence-electron chi connectivity index (χ4n) is 5.57. The lowest BCUT2D eigenvalue weighted by atomic mass is 9.52. The van der Waals surface area contributed by atoms with Gasteiger partial charge in [0.25, 0.3) is 0 Å². The van der Waals surface area contributed by atoms with E-state index < -0.39 is 35.6 Å². The summed E-state index contributed by atoms with van der Waals surface area (Å²) >= 11 is 0. The standard InChI is InChI=1S/C32H27FO6/c1-37-25-12-5-3-10-23(25)27-29(31(34)35)28(24-11-4-6-13-26(24)38-2)30(27)32(36)39-22-9-7-8-20(18-22)19-14-16-21(33)17-15-19/h3-18,27-30H,1-2H3,(H,34,35)/t27-,28?,29?,30?/m1/s1. The summed E-state index contributed by atoms with van der Waals surface area (Å²) in [6.45, 7) is 0. The minimum Gasteiger partial charge on any atom is -0.496 e. The minimum absolute atomic E-state index is 0.304. The van der Waals surface area contributed by atoms with Crippen LogP contribution < -0.4 is 14.2 Å². The average molecular weight is 527 g/mol. The molecule has 6 nitrogen and oxygen atoms in total. The number of para-hydroxylation sites is 2. The summed E-state index contributed by atoms with van der Waals surface area (Å²) < 4.78 is 30.4. The van der Waals surface area contributed by atoms with E-state index in [1.54, 1.807) is 78.9 Å². The van der Waals surface area contributed by atoms with Crippen LogP contribution in [0.15, 0.2) is 97.1 Å². The summed E-state index contributed by atoms with van der Waals surface area (Å²) in [5, 5.41) is 10.3. The van der Waals surface area contributed by atoms with Crippen LogP contribution in [0.1, 0.15) is 23.0 Å². The van der Waals surface area contributed by atoms with Crippen molar-refractivity contribution in [1.82, 2.24) is 0 Å². The van der Waals surface area contributed by atoms with Gasteiger partial charge in [0.1, 0.15) is 23.1 Å². The third-order valence-corrected chi connectivity index (χ3v) is 7.33. The fourth-order valence-corrected chi connectivity index (χ4v) is 5.57. The first kappa shape index (κ1) is 26.0. The maximum Gasteiger partial charge on any atom is 0.315 e. The average Bonchev–Trinajstić information content (AvgIpc) is 2.93. The van der Waals surface area contributed by atoms with Gasteiger partial charge in [-0.05, 0) is 58.7 Å². The lowest BCUT2D eigenvalue weighted by molar-refractivity contribution is -0.158. The molecule has 1 N–H and O–H groups in total. The van der Waals surface area contributed by atoms with Crippen molar-refractivity contribution in [3.05, 3.63) is 114 Å². The van der Waals surface area contributed by atoms with Gasteiger partial charge in [0, 0.05) is 11.8 Å². The molecule has 0 amide bonds. The van der Waals surface area contributed by atoms with Crippen molar-refractivity contribution in [3.63, 3.8) is 0 Å². The number of ether oxygens (including phenoxy) is 3. The molecule has 1 aliphatic rings. The summed E-state index contributed by atoms with van der Waals surface area (Å²) in [4.78, 5) is 26.5. The highest BCUT2D eigenvalue weighted by molar-refractivity contribution is 5.86. The molecule has 0 bridgehead atoms. The van der Waals surface area contributed by atoms with Crippen LogP contribution in [0.25, 0.3) is 11.1 Å². The Morgan fingerprint density at radius 1 is 0.692 bits per heavy atom. The molecule has 4 aromatic carbocycles. The van der Waals surface area contributed by atoms with E-state index >= 15 is 0 Å². The molecule has 39 heavy (non-hydrogen) atoms. The van der Waals surface area contributed by atoms with Crippen LogP contribution in [0.5, 0.6) is 17.2 Å². The van der Waals surface area contributed by atoms with Crippen molar-refractivity contribution >= 4 is 11.9 Å². The zero-order valence-corrected chi connectivity index (χ0v) is 21.4. The first-order chi connectivity index (χ1) is 18.9. The maximum absolute atomic E-state index is 13.9. The predicted octanol–water partition coefficient (Wildman–Crippen LogP) is 6.31. The van der Waals surface area contributed by atoms with Crippen LogP contribution in [-0.2, 0) is 9.59 Å². The van der Waals surface area contributed by atoms with E-state index in [2.05, 4.69) is 0 Å². The number of aliphatic carboxylic acids is 1. The Morgan fingerprint density at radius 3 is 1.79 bits per heavy atom. The molecule has 3 unspecified atom stereocenters. The first-order valence-electron chi connectivity index (χ1n) is 12.5. The van der Waals surface area contributed by atoms with E-state index in [0.29, 0.717) is 28.4 Å². The molecule has 0 aliphatic heterocycles. The number of esters is 1. The van der Waals surface area contributed by atoms with E-state index in [1.807, 2.05) is 6.07 Å². The van der Waals surface area contributed by atoms with Gasteiger partial charge in [0.05, 0.1) is 26.1 Å². The number of halogens is 1. The highest BCUT2D eigenvalue weighted by atomic mass is 19.1. The van der Waals surface area contributed by atoms with Crippen LogP contribution in [0.3, 0.4) is 0 Å². The summed E-state index contributed by atoms with van der Waals surface area (Å²) in [5.74, 6) is -3.75. The molecular formula is C32H27FO6. The highest BCUT2D eigenvalue weighted by Gasteiger charge is 2.60. The van der Waals surface area contributed by atoms with Gasteiger partial charge in [-0.1, -0.05) is 60.7 Å². The molecule has 0 saturated heterocycles. The topological polar surface area (TPSA) is 82.1 Å². The van der Waals surface area contributed by atoms with E-state index in [1.165, 1.54) is 26.4 Å². The normalized spacial score (nSPS) is 20.0. The Labute approximate surface area is 225 Å². The van der Waals surface area contributed by atoms with Gasteiger partial charge in [0.15, 0.2) is 0 Å². The van der Waals surface area contributed by atoms with Crippen LogP contribution in [0, 0.1) is 17.7 Å². The van der Waals surface area contributed by atoms with Gasteiger partial charge < -0.3 is 19.3 Å². The zero-order chi connectivity index (χ0) is 27.5. The summed E-state index contributed by atoms with van der Waals surface area (Å²) in [5.41, 5.74) is 2.77. The van der Waals surface area contributed by atoms with E-state index in [-0.39, 0.29) is 5.82 Å². The molecule has 0 heterocycles. The van der Waals surface area contributed by atoms with Crippen LogP contribution >= 0.6 is 0 Å². The number of carbonyl (C=O) groups is 2. The molecule has 7 heteroatoms. The monoisotopic (exact) mass is 526 g/mol. The Kier molecular flexibility index (Phi) is 7.32. The van der Waals surface area contributed by atoms with Crippen LogP contribution in [0.4, 0.5) is 4.39 Å². The van der Waals surface area contributed by atoms with Gasteiger partial charge in [-0.2, -0.15) is 0 Å². The van der Waals surface area contributed by atoms with Gasteiger partial charge >= 0.3 is 11.9 Å². The molecule has 1 fully saturated rings.